The zero-order valence-corrected chi connectivity index (χ0v) is 31.4. The largest absolute Gasteiger partial charge is 0.490 e. The second-order valence-electron chi connectivity index (χ2n) is 14.0. The van der Waals surface area contributed by atoms with Crippen LogP contribution in [0.25, 0.3) is 10.8 Å². The number of carbonyl (C=O) groups is 3. The Morgan fingerprint density at radius 3 is 2.36 bits per heavy atom. The molecule has 0 radical (unpaired) electrons. The maximum absolute atomic E-state index is 14.4. The van der Waals surface area contributed by atoms with Crippen LogP contribution in [-0.2, 0) is 10.9 Å². The predicted octanol–water partition coefficient (Wildman–Crippen LogP) is 8.46. The van der Waals surface area contributed by atoms with E-state index in [9.17, 15) is 32.7 Å². The molecule has 1 heterocycles. The number of likely N-dealkylation sites (N-methyl/N-ethyl adjacent to an activating group) is 1. The Morgan fingerprint density at radius 1 is 0.945 bits per heavy atom. The lowest BCUT2D eigenvalue weighted by molar-refractivity contribution is -0.137. The number of carbonyl (C=O) groups excluding carboxylic acids is 3. The predicted molar refractivity (Wildman–Crippen MR) is 207 cm³/mol. The number of aliphatic hydroxyl groups is 1. The number of halogens is 3. The summed E-state index contributed by atoms with van der Waals surface area (Å²) in [6.45, 7) is 6.03. The summed E-state index contributed by atoms with van der Waals surface area (Å²) in [4.78, 5) is 43.9. The molecule has 294 valence electrons. The molecule has 4 N–H and O–H groups in total. The SMILES string of the molecule is C[C@H](CO)N1C[C@H](C)[C@H](CN(C)C(=O)Nc2cccc3ccccc23)OCCCC[C@H](C)Oc2ccc(NC(=O)Nc3ccc(C(F)(F)F)cc3)cc2C1=O. The molecular weight excluding hydrogens is 715 g/mol. The number of amides is 5. The van der Waals surface area contributed by atoms with Gasteiger partial charge >= 0.3 is 18.2 Å². The van der Waals surface area contributed by atoms with Gasteiger partial charge < -0.3 is 40.3 Å². The number of benzene rings is 4. The molecule has 4 aromatic rings. The molecule has 0 saturated heterocycles. The van der Waals surface area contributed by atoms with Crippen LogP contribution in [0.2, 0.25) is 0 Å². The van der Waals surface area contributed by atoms with Crippen molar-refractivity contribution in [1.82, 2.24) is 9.80 Å². The summed E-state index contributed by atoms with van der Waals surface area (Å²) in [5.41, 5.74) is 0.360. The van der Waals surface area contributed by atoms with Crippen molar-refractivity contribution in [2.45, 2.75) is 64.5 Å². The van der Waals surface area contributed by atoms with Gasteiger partial charge in [-0.05, 0) is 87.0 Å². The second kappa shape index (κ2) is 18.3. The van der Waals surface area contributed by atoms with Crippen LogP contribution in [0, 0.1) is 5.92 Å². The molecule has 0 unspecified atom stereocenters. The van der Waals surface area contributed by atoms with Gasteiger partial charge in [0.2, 0.25) is 0 Å². The Hall–Kier alpha value is -5.34. The Balaban J connectivity index is 1.35. The number of ether oxygens (including phenoxy) is 2. The number of nitrogens with zero attached hydrogens (tertiary/aromatic N) is 2. The van der Waals surface area contributed by atoms with E-state index in [-0.39, 0.29) is 54.7 Å². The number of aliphatic hydroxyl groups excluding tert-OH is 1. The minimum absolute atomic E-state index is 0.141. The Bertz CT molecular complexity index is 1940. The maximum Gasteiger partial charge on any atom is 0.416 e. The minimum Gasteiger partial charge on any atom is -0.490 e. The first kappa shape index (κ1) is 40.8. The molecule has 0 aliphatic carbocycles. The number of alkyl halides is 3. The van der Waals surface area contributed by atoms with Gasteiger partial charge in [-0.15, -0.1) is 0 Å². The average molecular weight is 764 g/mol. The van der Waals surface area contributed by atoms with Gasteiger partial charge in [0.05, 0.1) is 41.7 Å². The molecule has 4 atom stereocenters. The first-order valence-corrected chi connectivity index (χ1v) is 18.3. The lowest BCUT2D eigenvalue weighted by Crippen LogP contribution is -2.48. The first-order chi connectivity index (χ1) is 26.2. The fourth-order valence-electron chi connectivity index (χ4n) is 6.40. The molecule has 11 nitrogen and oxygen atoms in total. The highest BCUT2D eigenvalue weighted by Gasteiger charge is 2.32. The lowest BCUT2D eigenvalue weighted by Gasteiger charge is -2.35. The topological polar surface area (TPSA) is 132 Å². The van der Waals surface area contributed by atoms with Crippen molar-refractivity contribution >= 4 is 45.8 Å². The number of hydrogen-bond acceptors (Lipinski definition) is 6. The number of nitrogens with one attached hydrogen (secondary N) is 3. The van der Waals surface area contributed by atoms with Gasteiger partial charge in [-0.3, -0.25) is 4.79 Å². The Labute approximate surface area is 318 Å². The molecule has 5 amide bonds. The van der Waals surface area contributed by atoms with Crippen molar-refractivity contribution in [3.63, 3.8) is 0 Å². The quantitative estimate of drug-likeness (QED) is 0.149. The summed E-state index contributed by atoms with van der Waals surface area (Å²) in [7, 11) is 1.69. The standard InChI is InChI=1S/C41H48F3N5O6/c1-26-23-49(27(2)25-50)38(51)34-22-32(46-39(52)45-31-17-15-30(16-18-31)41(42,43)44)19-20-36(34)55-28(3)10-7-8-21-54-37(26)24-48(4)40(53)47-35-14-9-12-29-11-5-6-13-33(29)35/h5-6,9,11-20,22,26-28,37,50H,7-8,10,21,23-25H2,1-4H3,(H,47,53)(H2,45,46,52)/t26-,27+,28-,37-/m0/s1. The van der Waals surface area contributed by atoms with Gasteiger partial charge in [-0.25, -0.2) is 9.59 Å². The van der Waals surface area contributed by atoms with Gasteiger partial charge in [0.15, 0.2) is 0 Å². The Morgan fingerprint density at radius 2 is 1.64 bits per heavy atom. The van der Waals surface area contributed by atoms with Gasteiger partial charge in [0.1, 0.15) is 5.75 Å². The van der Waals surface area contributed by atoms with E-state index in [0.29, 0.717) is 24.5 Å². The average Bonchev–Trinajstić information content (AvgIpc) is 3.15. The molecule has 1 aliphatic rings. The molecule has 0 aromatic heterocycles. The number of rotatable bonds is 7. The number of fused-ring (bicyclic) bond motifs is 2. The second-order valence-corrected chi connectivity index (χ2v) is 14.0. The molecular formula is C41H48F3N5O6. The Kier molecular flexibility index (Phi) is 13.6. The molecule has 55 heavy (non-hydrogen) atoms. The summed E-state index contributed by atoms with van der Waals surface area (Å²) in [5, 5.41) is 20.4. The van der Waals surface area contributed by atoms with Gasteiger partial charge in [-0.1, -0.05) is 43.3 Å². The minimum atomic E-state index is -4.51. The van der Waals surface area contributed by atoms with Crippen LogP contribution in [0.3, 0.4) is 0 Å². The third-order valence-corrected chi connectivity index (χ3v) is 9.61. The fourth-order valence-corrected chi connectivity index (χ4v) is 6.40. The van der Waals surface area contributed by atoms with Crippen LogP contribution in [0.4, 0.5) is 39.8 Å². The molecule has 0 fully saturated rings. The molecule has 0 bridgehead atoms. The molecule has 0 spiro atoms. The zero-order chi connectivity index (χ0) is 39.7. The van der Waals surface area contributed by atoms with Crippen molar-refractivity contribution < 1.29 is 42.1 Å². The van der Waals surface area contributed by atoms with Gasteiger partial charge in [0.25, 0.3) is 5.91 Å². The van der Waals surface area contributed by atoms with Crippen molar-refractivity contribution in [2.24, 2.45) is 5.92 Å². The zero-order valence-electron chi connectivity index (χ0n) is 31.4. The molecule has 4 aromatic carbocycles. The van der Waals surface area contributed by atoms with Crippen LogP contribution >= 0.6 is 0 Å². The van der Waals surface area contributed by atoms with Crippen LogP contribution < -0.4 is 20.7 Å². The van der Waals surface area contributed by atoms with E-state index in [1.165, 1.54) is 11.0 Å². The third kappa shape index (κ3) is 10.9. The van der Waals surface area contributed by atoms with Crippen molar-refractivity contribution in [3.05, 3.63) is 96.1 Å². The molecule has 5 rings (SSSR count). The van der Waals surface area contributed by atoms with Crippen LogP contribution in [0.15, 0.2) is 84.9 Å². The number of urea groups is 2. The maximum atomic E-state index is 14.4. The van der Waals surface area contributed by atoms with E-state index in [0.717, 1.165) is 47.9 Å². The van der Waals surface area contributed by atoms with E-state index in [2.05, 4.69) is 16.0 Å². The smallest absolute Gasteiger partial charge is 0.416 e. The lowest BCUT2D eigenvalue weighted by atomic mass is 10.0. The highest BCUT2D eigenvalue weighted by Crippen LogP contribution is 2.31. The fraction of sp³-hybridized carbons (Fsp3) is 0.390. The van der Waals surface area contributed by atoms with Gasteiger partial charge in [0, 0.05) is 49.4 Å². The molecule has 1 aliphatic heterocycles. The first-order valence-electron chi connectivity index (χ1n) is 18.3. The van der Waals surface area contributed by atoms with E-state index >= 15 is 0 Å². The summed E-state index contributed by atoms with van der Waals surface area (Å²) < 4.78 is 51.6. The van der Waals surface area contributed by atoms with Gasteiger partial charge in [-0.2, -0.15) is 13.2 Å². The summed E-state index contributed by atoms with van der Waals surface area (Å²) in [6, 6.07) is 20.5. The number of anilines is 3. The van der Waals surface area contributed by atoms with E-state index in [4.69, 9.17) is 9.47 Å². The highest BCUT2D eigenvalue weighted by molar-refractivity contribution is 6.03. The van der Waals surface area contributed by atoms with Crippen molar-refractivity contribution in [2.75, 3.05) is 49.3 Å². The van der Waals surface area contributed by atoms with E-state index < -0.39 is 35.8 Å². The normalized spacial score (nSPS) is 19.0. The number of hydrogen-bond donors (Lipinski definition) is 4. The molecule has 14 heteroatoms. The molecule has 0 saturated carbocycles. The summed E-state index contributed by atoms with van der Waals surface area (Å²) in [6.07, 6.45) is -3.08. The monoisotopic (exact) mass is 763 g/mol. The van der Waals surface area contributed by atoms with Crippen LogP contribution in [-0.4, -0.2) is 84.5 Å². The summed E-state index contributed by atoms with van der Waals surface area (Å²) >= 11 is 0. The highest BCUT2D eigenvalue weighted by atomic mass is 19.4. The third-order valence-electron chi connectivity index (χ3n) is 9.61. The van der Waals surface area contributed by atoms with Crippen molar-refractivity contribution in [1.29, 1.82) is 0 Å². The van der Waals surface area contributed by atoms with E-state index in [1.54, 1.807) is 31.0 Å². The van der Waals surface area contributed by atoms with Crippen molar-refractivity contribution in [3.8, 4) is 5.75 Å². The van der Waals surface area contributed by atoms with Crippen LogP contribution in [0.1, 0.15) is 56.0 Å². The van der Waals surface area contributed by atoms with E-state index in [1.807, 2.05) is 56.3 Å². The van der Waals surface area contributed by atoms with Crippen LogP contribution in [0.5, 0.6) is 5.75 Å². The summed E-state index contributed by atoms with van der Waals surface area (Å²) in [5.74, 6) is -0.461.